The highest BCUT2D eigenvalue weighted by molar-refractivity contribution is 6.03. The lowest BCUT2D eigenvalue weighted by Crippen LogP contribution is -2.39. The number of phenols is 1. The summed E-state index contributed by atoms with van der Waals surface area (Å²) in [4.78, 5) is 27.2. The predicted octanol–water partition coefficient (Wildman–Crippen LogP) is 4.22. The molecule has 1 heterocycles. The topological polar surface area (TPSA) is 103 Å². The van der Waals surface area contributed by atoms with Crippen LogP contribution < -0.4 is 15.5 Å². The van der Waals surface area contributed by atoms with Crippen molar-refractivity contribution in [1.82, 2.24) is 15.6 Å². The summed E-state index contributed by atoms with van der Waals surface area (Å²) < 4.78 is 19.4. The third kappa shape index (κ3) is 6.62. The van der Waals surface area contributed by atoms with Crippen LogP contribution in [0.3, 0.4) is 0 Å². The number of ether oxygens (including phenoxy) is 1. The first-order valence-corrected chi connectivity index (χ1v) is 13.0. The number of halogens is 1. The standard InChI is InChI=1S/C31H29FN4O4/c32-27-16-22(10-12-28(27)37)31(39)35-33-17-23-11-13-29(26-9-5-4-8-25(23)26)40-20-30(38)34-24-14-15-36(19-24)18-21-6-2-1-3-7-21/h1-13,16-17,24,37H,14-15,18-20H2,(H,34,38)(H,35,39). The van der Waals surface area contributed by atoms with Crippen molar-refractivity contribution in [2.24, 2.45) is 5.10 Å². The van der Waals surface area contributed by atoms with Crippen molar-refractivity contribution >= 4 is 28.8 Å². The smallest absolute Gasteiger partial charge is 0.271 e. The molecule has 4 aromatic rings. The highest BCUT2D eigenvalue weighted by Crippen LogP contribution is 2.28. The Bertz CT molecular complexity index is 1540. The number of hydrazone groups is 1. The number of fused-ring (bicyclic) bond motifs is 1. The van der Waals surface area contributed by atoms with Gasteiger partial charge in [-0.3, -0.25) is 14.5 Å². The number of rotatable bonds is 9. The zero-order chi connectivity index (χ0) is 27.9. The summed E-state index contributed by atoms with van der Waals surface area (Å²) in [5, 5.41) is 18.0. The maximum atomic E-state index is 13.5. The van der Waals surface area contributed by atoms with Gasteiger partial charge in [0.15, 0.2) is 18.2 Å². The number of nitrogens with one attached hydrogen (secondary N) is 2. The highest BCUT2D eigenvalue weighted by Gasteiger charge is 2.24. The van der Waals surface area contributed by atoms with Crippen LogP contribution in [-0.2, 0) is 11.3 Å². The van der Waals surface area contributed by atoms with Gasteiger partial charge in [-0.2, -0.15) is 5.10 Å². The number of amides is 2. The third-order valence-corrected chi connectivity index (χ3v) is 6.74. The molecule has 4 aromatic carbocycles. The molecule has 1 unspecified atom stereocenters. The summed E-state index contributed by atoms with van der Waals surface area (Å²) in [7, 11) is 0. The van der Waals surface area contributed by atoms with Crippen LogP contribution in [-0.4, -0.2) is 53.8 Å². The van der Waals surface area contributed by atoms with E-state index in [2.05, 4.69) is 32.9 Å². The van der Waals surface area contributed by atoms with Gasteiger partial charge < -0.3 is 15.2 Å². The van der Waals surface area contributed by atoms with Gasteiger partial charge in [0.2, 0.25) is 0 Å². The number of benzene rings is 4. The number of hydrogen-bond acceptors (Lipinski definition) is 6. The van der Waals surface area contributed by atoms with E-state index in [1.165, 1.54) is 17.8 Å². The van der Waals surface area contributed by atoms with Crippen LogP contribution in [0.4, 0.5) is 4.39 Å². The van der Waals surface area contributed by atoms with Gasteiger partial charge >= 0.3 is 0 Å². The van der Waals surface area contributed by atoms with Gasteiger partial charge in [0, 0.05) is 42.2 Å². The number of hydrogen-bond donors (Lipinski definition) is 3. The van der Waals surface area contributed by atoms with E-state index in [0.717, 1.165) is 49.0 Å². The van der Waals surface area contributed by atoms with Crippen LogP contribution in [0, 0.1) is 5.82 Å². The van der Waals surface area contributed by atoms with Crippen molar-refractivity contribution in [2.45, 2.75) is 19.0 Å². The molecule has 0 radical (unpaired) electrons. The Hall–Kier alpha value is -4.76. The van der Waals surface area contributed by atoms with Crippen LogP contribution in [0.25, 0.3) is 10.8 Å². The van der Waals surface area contributed by atoms with Gasteiger partial charge in [-0.05, 0) is 47.7 Å². The molecule has 1 atom stereocenters. The minimum Gasteiger partial charge on any atom is -0.505 e. The number of carbonyl (C=O) groups is 2. The van der Waals surface area contributed by atoms with Crippen molar-refractivity contribution in [2.75, 3.05) is 19.7 Å². The number of carbonyl (C=O) groups excluding carboxylic acids is 2. The van der Waals surface area contributed by atoms with Crippen LogP contribution >= 0.6 is 0 Å². The molecule has 1 aliphatic heterocycles. The Balaban J connectivity index is 1.16. The molecule has 1 saturated heterocycles. The Labute approximate surface area is 231 Å². The van der Waals surface area contributed by atoms with Crippen molar-refractivity contribution in [3.05, 3.63) is 107 Å². The summed E-state index contributed by atoms with van der Waals surface area (Å²) in [5.74, 6) is -1.65. The molecule has 0 aliphatic carbocycles. The number of likely N-dealkylation sites (tertiary alicyclic amines) is 1. The Morgan fingerprint density at radius 3 is 2.60 bits per heavy atom. The zero-order valence-electron chi connectivity index (χ0n) is 21.7. The van der Waals surface area contributed by atoms with E-state index < -0.39 is 17.5 Å². The quantitative estimate of drug-likeness (QED) is 0.218. The van der Waals surface area contributed by atoms with Gasteiger partial charge in [-0.1, -0.05) is 54.6 Å². The maximum Gasteiger partial charge on any atom is 0.271 e. The second-order valence-electron chi connectivity index (χ2n) is 9.63. The molecule has 9 heteroatoms. The van der Waals surface area contributed by atoms with Crippen molar-refractivity contribution in [3.63, 3.8) is 0 Å². The fourth-order valence-corrected chi connectivity index (χ4v) is 4.75. The molecule has 3 N–H and O–H groups in total. The fraction of sp³-hybridized carbons (Fsp3) is 0.194. The molecule has 5 rings (SSSR count). The van der Waals surface area contributed by atoms with Gasteiger partial charge in [0.25, 0.3) is 11.8 Å². The Kier molecular flexibility index (Phi) is 8.32. The Morgan fingerprint density at radius 1 is 1.02 bits per heavy atom. The van der Waals surface area contributed by atoms with Crippen LogP contribution in [0.15, 0.2) is 90.0 Å². The van der Waals surface area contributed by atoms with E-state index >= 15 is 0 Å². The van der Waals surface area contributed by atoms with Crippen LogP contribution in [0.1, 0.15) is 27.9 Å². The number of nitrogens with zero attached hydrogens (tertiary/aromatic N) is 2. The van der Waals surface area contributed by atoms with Gasteiger partial charge in [0.05, 0.1) is 6.21 Å². The average molecular weight is 541 g/mol. The number of phenolic OH excluding ortho intramolecular Hbond substituents is 1. The van der Waals surface area contributed by atoms with Gasteiger partial charge in [-0.15, -0.1) is 0 Å². The van der Waals surface area contributed by atoms with Gasteiger partial charge in [-0.25, -0.2) is 9.82 Å². The van der Waals surface area contributed by atoms with E-state index in [1.807, 2.05) is 42.5 Å². The third-order valence-electron chi connectivity index (χ3n) is 6.74. The molecule has 0 aromatic heterocycles. The van der Waals surface area contributed by atoms with Crippen molar-refractivity contribution in [3.8, 4) is 11.5 Å². The fourth-order valence-electron chi connectivity index (χ4n) is 4.75. The lowest BCUT2D eigenvalue weighted by atomic mass is 10.0. The zero-order valence-corrected chi connectivity index (χ0v) is 21.7. The van der Waals surface area contributed by atoms with E-state index in [9.17, 15) is 19.1 Å². The van der Waals surface area contributed by atoms with Crippen molar-refractivity contribution < 1.29 is 23.8 Å². The Morgan fingerprint density at radius 2 is 1.80 bits per heavy atom. The maximum absolute atomic E-state index is 13.5. The monoisotopic (exact) mass is 540 g/mol. The van der Waals surface area contributed by atoms with E-state index in [4.69, 9.17) is 4.74 Å². The molecule has 0 saturated carbocycles. The second-order valence-corrected chi connectivity index (χ2v) is 9.63. The lowest BCUT2D eigenvalue weighted by molar-refractivity contribution is -0.123. The molecule has 8 nitrogen and oxygen atoms in total. The normalized spacial score (nSPS) is 15.4. The molecule has 2 amide bonds. The summed E-state index contributed by atoms with van der Waals surface area (Å²) in [6.07, 6.45) is 2.38. The average Bonchev–Trinajstić information content (AvgIpc) is 3.40. The highest BCUT2D eigenvalue weighted by atomic mass is 19.1. The molecular weight excluding hydrogens is 511 g/mol. The second kappa shape index (κ2) is 12.4. The predicted molar refractivity (Wildman–Crippen MR) is 151 cm³/mol. The molecule has 0 bridgehead atoms. The summed E-state index contributed by atoms with van der Waals surface area (Å²) in [5.41, 5.74) is 4.36. The molecule has 1 fully saturated rings. The minimum atomic E-state index is -0.889. The van der Waals surface area contributed by atoms with Crippen molar-refractivity contribution in [1.29, 1.82) is 0 Å². The summed E-state index contributed by atoms with van der Waals surface area (Å²) >= 11 is 0. The SMILES string of the molecule is O=C(COc1ccc(C=NNC(=O)c2ccc(O)c(F)c2)c2ccccc12)NC1CCN(Cc2ccccc2)C1. The van der Waals surface area contributed by atoms with Crippen LogP contribution in [0.2, 0.25) is 0 Å². The molecule has 204 valence electrons. The summed E-state index contributed by atoms with van der Waals surface area (Å²) in [6.45, 7) is 2.49. The summed E-state index contributed by atoms with van der Waals surface area (Å²) in [6, 6.07) is 24.8. The van der Waals surface area contributed by atoms with E-state index in [1.54, 1.807) is 12.1 Å². The molecular formula is C31H29FN4O4. The van der Waals surface area contributed by atoms with E-state index in [0.29, 0.717) is 11.3 Å². The molecule has 1 aliphatic rings. The number of aromatic hydroxyl groups is 1. The van der Waals surface area contributed by atoms with Gasteiger partial charge in [0.1, 0.15) is 5.75 Å². The molecule has 40 heavy (non-hydrogen) atoms. The van der Waals surface area contributed by atoms with E-state index in [-0.39, 0.29) is 24.1 Å². The first kappa shape index (κ1) is 26.8. The lowest BCUT2D eigenvalue weighted by Gasteiger charge is -2.17. The minimum absolute atomic E-state index is 0.0286. The molecule has 0 spiro atoms. The first-order chi connectivity index (χ1) is 19.5. The first-order valence-electron chi connectivity index (χ1n) is 13.0. The van der Waals surface area contributed by atoms with Crippen LogP contribution in [0.5, 0.6) is 11.5 Å². The largest absolute Gasteiger partial charge is 0.505 e.